The van der Waals surface area contributed by atoms with Crippen LogP contribution in [0.2, 0.25) is 0 Å². The van der Waals surface area contributed by atoms with E-state index < -0.39 is 0 Å². The predicted molar refractivity (Wildman–Crippen MR) is 55.5 cm³/mol. The van der Waals surface area contributed by atoms with Crippen molar-refractivity contribution in [2.45, 2.75) is 39.5 Å². The number of allylic oxidation sites excluding steroid dienone is 2. The van der Waals surface area contributed by atoms with Crippen molar-refractivity contribution in [1.29, 1.82) is 0 Å². The normalized spacial score (nSPS) is 27.9. The molecule has 2 unspecified atom stereocenters. The smallest absolute Gasteiger partial charge is 0.126 e. The van der Waals surface area contributed by atoms with Crippen LogP contribution in [0.25, 0.3) is 0 Å². The van der Waals surface area contributed by atoms with Gasteiger partial charge in [0.05, 0.1) is 0 Å². The predicted octanol–water partition coefficient (Wildman–Crippen LogP) is 3.20. The van der Waals surface area contributed by atoms with E-state index >= 15 is 0 Å². The lowest BCUT2D eigenvalue weighted by Crippen LogP contribution is -2.10. The minimum atomic E-state index is 0.204. The van der Waals surface area contributed by atoms with E-state index in [0.717, 1.165) is 24.5 Å². The molecule has 0 amide bonds. The number of aldehydes is 1. The molecule has 0 aromatic carbocycles. The Balaban J connectivity index is 2.27. The molecular weight excluding hydrogens is 160 g/mol. The molecule has 0 aromatic rings. The fraction of sp³-hybridized carbons (Fsp3) is 0.750. The van der Waals surface area contributed by atoms with Gasteiger partial charge in [0.2, 0.25) is 0 Å². The third kappa shape index (κ3) is 3.75. The van der Waals surface area contributed by atoms with Crippen LogP contribution in [0.4, 0.5) is 0 Å². The average Bonchev–Trinajstić information content (AvgIpc) is 2.15. The highest BCUT2D eigenvalue weighted by atomic mass is 16.1. The van der Waals surface area contributed by atoms with Crippen LogP contribution in [0.3, 0.4) is 0 Å². The molecule has 0 bridgehead atoms. The van der Waals surface area contributed by atoms with Crippen LogP contribution in [0, 0.1) is 17.8 Å². The van der Waals surface area contributed by atoms with Gasteiger partial charge in [0.15, 0.2) is 0 Å². The second-order valence-corrected chi connectivity index (χ2v) is 4.49. The Hall–Kier alpha value is -0.590. The molecule has 1 aliphatic rings. The first-order chi connectivity index (χ1) is 6.22. The summed E-state index contributed by atoms with van der Waals surface area (Å²) >= 11 is 0. The van der Waals surface area contributed by atoms with Crippen molar-refractivity contribution in [2.24, 2.45) is 17.8 Å². The van der Waals surface area contributed by atoms with Gasteiger partial charge in [-0.3, -0.25) is 0 Å². The molecule has 0 saturated heterocycles. The van der Waals surface area contributed by atoms with Gasteiger partial charge in [-0.2, -0.15) is 0 Å². The van der Waals surface area contributed by atoms with Gasteiger partial charge in [-0.05, 0) is 31.1 Å². The lowest BCUT2D eigenvalue weighted by molar-refractivity contribution is -0.110. The maximum Gasteiger partial charge on any atom is 0.126 e. The van der Waals surface area contributed by atoms with Crippen LogP contribution in [-0.4, -0.2) is 6.29 Å². The molecule has 0 saturated carbocycles. The van der Waals surface area contributed by atoms with Gasteiger partial charge in [-0.1, -0.05) is 32.4 Å². The molecule has 0 heterocycles. The second-order valence-electron chi connectivity index (χ2n) is 4.49. The molecule has 0 fully saturated rings. The van der Waals surface area contributed by atoms with Crippen molar-refractivity contribution in [3.05, 3.63) is 12.2 Å². The number of rotatable bonds is 4. The van der Waals surface area contributed by atoms with Gasteiger partial charge in [0, 0.05) is 5.92 Å². The third-order valence-corrected chi connectivity index (χ3v) is 2.79. The molecule has 74 valence electrons. The van der Waals surface area contributed by atoms with E-state index in [-0.39, 0.29) is 5.92 Å². The van der Waals surface area contributed by atoms with Crippen molar-refractivity contribution in [3.63, 3.8) is 0 Å². The highest BCUT2D eigenvalue weighted by Gasteiger charge is 2.14. The fourth-order valence-corrected chi connectivity index (χ4v) is 1.80. The summed E-state index contributed by atoms with van der Waals surface area (Å²) in [6, 6.07) is 0. The molecule has 0 aliphatic heterocycles. The average molecular weight is 180 g/mol. The first kappa shape index (κ1) is 10.5. The first-order valence-electron chi connectivity index (χ1n) is 5.36. The van der Waals surface area contributed by atoms with Crippen molar-refractivity contribution in [3.8, 4) is 0 Å². The molecule has 1 nitrogen and oxygen atoms in total. The third-order valence-electron chi connectivity index (χ3n) is 2.79. The quantitative estimate of drug-likeness (QED) is 0.479. The number of hydrogen-bond donors (Lipinski definition) is 0. The summed E-state index contributed by atoms with van der Waals surface area (Å²) in [5.41, 5.74) is 0. The largest absolute Gasteiger partial charge is 0.303 e. The SMILES string of the molecule is CC(C)CCC1C=CC(C=O)CC1. The molecule has 1 rings (SSSR count). The molecule has 13 heavy (non-hydrogen) atoms. The molecule has 0 radical (unpaired) electrons. The molecule has 0 spiro atoms. The van der Waals surface area contributed by atoms with E-state index in [9.17, 15) is 4.79 Å². The Labute approximate surface area is 81.2 Å². The van der Waals surface area contributed by atoms with Gasteiger partial charge in [-0.15, -0.1) is 0 Å². The minimum Gasteiger partial charge on any atom is -0.303 e. The summed E-state index contributed by atoms with van der Waals surface area (Å²) in [6.07, 6.45) is 10.2. The van der Waals surface area contributed by atoms with Gasteiger partial charge >= 0.3 is 0 Å². The van der Waals surface area contributed by atoms with Crippen LogP contribution in [0.1, 0.15) is 39.5 Å². The van der Waals surface area contributed by atoms with Crippen LogP contribution < -0.4 is 0 Å². The maximum atomic E-state index is 10.5. The minimum absolute atomic E-state index is 0.204. The van der Waals surface area contributed by atoms with Crippen molar-refractivity contribution >= 4 is 6.29 Å². The summed E-state index contributed by atoms with van der Waals surface area (Å²) in [5.74, 6) is 1.74. The van der Waals surface area contributed by atoms with E-state index in [2.05, 4.69) is 26.0 Å². The van der Waals surface area contributed by atoms with Gasteiger partial charge in [0.1, 0.15) is 6.29 Å². The van der Waals surface area contributed by atoms with E-state index in [1.807, 2.05) is 0 Å². The summed E-state index contributed by atoms with van der Waals surface area (Å²) in [7, 11) is 0. The van der Waals surface area contributed by atoms with Gasteiger partial charge in [-0.25, -0.2) is 0 Å². The Morgan fingerprint density at radius 2 is 2.15 bits per heavy atom. The second kappa shape index (κ2) is 5.21. The Bertz CT molecular complexity index is 182. The van der Waals surface area contributed by atoms with Gasteiger partial charge < -0.3 is 4.79 Å². The maximum absolute atomic E-state index is 10.5. The van der Waals surface area contributed by atoms with Crippen LogP contribution >= 0.6 is 0 Å². The van der Waals surface area contributed by atoms with E-state index in [0.29, 0.717) is 0 Å². The number of carbonyl (C=O) groups excluding carboxylic acids is 1. The topological polar surface area (TPSA) is 17.1 Å². The molecular formula is C12H20O. The van der Waals surface area contributed by atoms with Gasteiger partial charge in [0.25, 0.3) is 0 Å². The van der Waals surface area contributed by atoms with Crippen LogP contribution in [-0.2, 0) is 4.79 Å². The lowest BCUT2D eigenvalue weighted by Gasteiger charge is -2.20. The Morgan fingerprint density at radius 3 is 2.62 bits per heavy atom. The zero-order valence-electron chi connectivity index (χ0n) is 8.70. The van der Waals surface area contributed by atoms with Crippen molar-refractivity contribution in [1.82, 2.24) is 0 Å². The molecule has 0 aromatic heterocycles. The zero-order chi connectivity index (χ0) is 9.68. The Morgan fingerprint density at radius 1 is 1.38 bits per heavy atom. The zero-order valence-corrected chi connectivity index (χ0v) is 8.70. The summed E-state index contributed by atoms with van der Waals surface area (Å²) < 4.78 is 0. The molecule has 1 heteroatoms. The molecule has 0 N–H and O–H groups in total. The number of carbonyl (C=O) groups is 1. The summed E-state index contributed by atoms with van der Waals surface area (Å²) in [6.45, 7) is 4.53. The lowest BCUT2D eigenvalue weighted by atomic mass is 9.85. The summed E-state index contributed by atoms with van der Waals surface area (Å²) in [4.78, 5) is 10.5. The monoisotopic (exact) mass is 180 g/mol. The van der Waals surface area contributed by atoms with E-state index in [1.54, 1.807) is 0 Å². The highest BCUT2D eigenvalue weighted by molar-refractivity contribution is 5.56. The fourth-order valence-electron chi connectivity index (χ4n) is 1.80. The number of hydrogen-bond acceptors (Lipinski definition) is 1. The van der Waals surface area contributed by atoms with Crippen molar-refractivity contribution < 1.29 is 4.79 Å². The standard InChI is InChI=1S/C12H20O/c1-10(2)3-4-11-5-7-12(9-13)8-6-11/h5,7,9-12H,3-4,6,8H2,1-2H3. The molecule has 2 atom stereocenters. The first-order valence-corrected chi connectivity index (χ1v) is 5.36. The Kier molecular flexibility index (Phi) is 4.20. The van der Waals surface area contributed by atoms with E-state index in [1.165, 1.54) is 19.3 Å². The molecule has 1 aliphatic carbocycles. The summed E-state index contributed by atoms with van der Waals surface area (Å²) in [5, 5.41) is 0. The van der Waals surface area contributed by atoms with Crippen molar-refractivity contribution in [2.75, 3.05) is 0 Å². The van der Waals surface area contributed by atoms with Crippen LogP contribution in [0.5, 0.6) is 0 Å². The van der Waals surface area contributed by atoms with E-state index in [4.69, 9.17) is 0 Å². The van der Waals surface area contributed by atoms with Crippen LogP contribution in [0.15, 0.2) is 12.2 Å². The highest BCUT2D eigenvalue weighted by Crippen LogP contribution is 2.25.